The number of carbonyl (C=O) groups excluding carboxylic acids is 1. The molecular formula is C16H31N3O. The van der Waals surface area contributed by atoms with Crippen LogP contribution in [0.4, 0.5) is 0 Å². The van der Waals surface area contributed by atoms with Crippen molar-refractivity contribution in [3.63, 3.8) is 0 Å². The zero-order chi connectivity index (χ0) is 14.8. The number of hydrazone groups is 1. The minimum absolute atomic E-state index is 0.0697. The zero-order valence-electron chi connectivity index (χ0n) is 13.5. The number of nitrogens with one attached hydrogen (secondary N) is 1. The lowest BCUT2D eigenvalue weighted by molar-refractivity contribution is -0.121. The summed E-state index contributed by atoms with van der Waals surface area (Å²) >= 11 is 0. The third kappa shape index (κ3) is 7.04. The van der Waals surface area contributed by atoms with Crippen LogP contribution in [0.1, 0.15) is 72.1 Å². The Morgan fingerprint density at radius 2 is 1.85 bits per heavy atom. The van der Waals surface area contributed by atoms with E-state index in [1.165, 1.54) is 19.3 Å². The lowest BCUT2D eigenvalue weighted by Crippen LogP contribution is -2.39. The fraction of sp³-hybridized carbons (Fsp3) is 0.875. The molecule has 0 spiro atoms. The van der Waals surface area contributed by atoms with Gasteiger partial charge in [-0.3, -0.25) is 4.79 Å². The third-order valence-corrected chi connectivity index (χ3v) is 3.95. The molecule has 0 bridgehead atoms. The number of hydrogen-bond donors (Lipinski definition) is 1. The number of amides is 1. The number of likely N-dealkylation sites (tertiary alicyclic amines) is 1. The van der Waals surface area contributed by atoms with Crippen LogP contribution in [0.5, 0.6) is 0 Å². The van der Waals surface area contributed by atoms with Crippen molar-refractivity contribution in [2.45, 2.75) is 78.2 Å². The molecule has 20 heavy (non-hydrogen) atoms. The van der Waals surface area contributed by atoms with Crippen LogP contribution in [0.2, 0.25) is 0 Å². The predicted octanol–water partition coefficient (Wildman–Crippen LogP) is 3.32. The molecule has 1 aliphatic heterocycles. The normalized spacial score (nSPS) is 16.5. The summed E-state index contributed by atoms with van der Waals surface area (Å²) in [7, 11) is 0. The van der Waals surface area contributed by atoms with Crippen LogP contribution in [-0.4, -0.2) is 35.7 Å². The number of piperidine rings is 1. The summed E-state index contributed by atoms with van der Waals surface area (Å²) in [6.45, 7) is 8.77. The van der Waals surface area contributed by atoms with Gasteiger partial charge < -0.3 is 4.90 Å². The molecule has 1 saturated heterocycles. The van der Waals surface area contributed by atoms with E-state index in [1.54, 1.807) is 0 Å². The van der Waals surface area contributed by atoms with Crippen molar-refractivity contribution in [1.82, 2.24) is 10.3 Å². The van der Waals surface area contributed by atoms with Gasteiger partial charge in [-0.05, 0) is 20.3 Å². The average Bonchev–Trinajstić information content (AvgIpc) is 2.45. The van der Waals surface area contributed by atoms with Gasteiger partial charge >= 0.3 is 0 Å². The molecule has 1 heterocycles. The van der Waals surface area contributed by atoms with Crippen LogP contribution >= 0.6 is 0 Å². The van der Waals surface area contributed by atoms with Gasteiger partial charge in [-0.1, -0.05) is 32.6 Å². The fourth-order valence-corrected chi connectivity index (χ4v) is 2.50. The largest absolute Gasteiger partial charge is 0.300 e. The molecule has 0 aromatic carbocycles. The number of carbonyl (C=O) groups is 1. The molecule has 1 aliphatic rings. The van der Waals surface area contributed by atoms with Gasteiger partial charge in [0, 0.05) is 44.1 Å². The molecule has 4 heteroatoms. The quantitative estimate of drug-likeness (QED) is 0.548. The van der Waals surface area contributed by atoms with Crippen molar-refractivity contribution in [2.75, 3.05) is 13.1 Å². The van der Waals surface area contributed by atoms with Gasteiger partial charge in [0.2, 0.25) is 5.91 Å². The van der Waals surface area contributed by atoms with Crippen molar-refractivity contribution in [3.05, 3.63) is 0 Å². The summed E-state index contributed by atoms with van der Waals surface area (Å²) in [5.74, 6) is 0.0697. The number of hydrogen-bond acceptors (Lipinski definition) is 3. The SMILES string of the molecule is CCCCCCCC(=O)NN=C1CCN(C(C)C)CC1. The number of rotatable bonds is 8. The first kappa shape index (κ1) is 17.2. The molecule has 0 aliphatic carbocycles. The van der Waals surface area contributed by atoms with E-state index in [4.69, 9.17) is 0 Å². The molecular weight excluding hydrogens is 250 g/mol. The first-order valence-electron chi connectivity index (χ1n) is 8.21. The summed E-state index contributed by atoms with van der Waals surface area (Å²) < 4.78 is 0. The Morgan fingerprint density at radius 3 is 2.45 bits per heavy atom. The smallest absolute Gasteiger partial charge is 0.240 e. The van der Waals surface area contributed by atoms with Crippen molar-refractivity contribution in [3.8, 4) is 0 Å². The second-order valence-corrected chi connectivity index (χ2v) is 6.01. The summed E-state index contributed by atoms with van der Waals surface area (Å²) in [6.07, 6.45) is 8.47. The van der Waals surface area contributed by atoms with E-state index < -0.39 is 0 Å². The zero-order valence-corrected chi connectivity index (χ0v) is 13.5. The minimum Gasteiger partial charge on any atom is -0.300 e. The van der Waals surface area contributed by atoms with Gasteiger partial charge in [0.15, 0.2) is 0 Å². The van der Waals surface area contributed by atoms with E-state index in [2.05, 4.69) is 36.2 Å². The third-order valence-electron chi connectivity index (χ3n) is 3.95. The maximum absolute atomic E-state index is 11.7. The maximum Gasteiger partial charge on any atom is 0.240 e. The van der Waals surface area contributed by atoms with Gasteiger partial charge in [0.05, 0.1) is 0 Å². The Hall–Kier alpha value is -0.900. The molecule has 1 N–H and O–H groups in total. The lowest BCUT2D eigenvalue weighted by Gasteiger charge is -2.30. The summed E-state index contributed by atoms with van der Waals surface area (Å²) in [5.41, 5.74) is 3.86. The summed E-state index contributed by atoms with van der Waals surface area (Å²) in [5, 5.41) is 4.28. The Morgan fingerprint density at radius 1 is 1.20 bits per heavy atom. The van der Waals surface area contributed by atoms with Gasteiger partial charge in [-0.25, -0.2) is 5.43 Å². The average molecular weight is 281 g/mol. The number of nitrogens with zero attached hydrogens (tertiary/aromatic N) is 2. The van der Waals surface area contributed by atoms with E-state index in [-0.39, 0.29) is 5.91 Å². The van der Waals surface area contributed by atoms with Crippen molar-refractivity contribution >= 4 is 11.6 Å². The molecule has 0 aromatic rings. The van der Waals surface area contributed by atoms with Crippen LogP contribution < -0.4 is 5.43 Å². The lowest BCUT2D eigenvalue weighted by atomic mass is 10.1. The monoisotopic (exact) mass is 281 g/mol. The molecule has 0 saturated carbocycles. The van der Waals surface area contributed by atoms with E-state index >= 15 is 0 Å². The van der Waals surface area contributed by atoms with E-state index in [9.17, 15) is 4.79 Å². The Kier molecular flexibility index (Phi) is 8.51. The highest BCUT2D eigenvalue weighted by molar-refractivity contribution is 5.87. The molecule has 1 amide bonds. The minimum atomic E-state index is 0.0697. The highest BCUT2D eigenvalue weighted by atomic mass is 16.2. The highest BCUT2D eigenvalue weighted by Crippen LogP contribution is 2.10. The van der Waals surface area contributed by atoms with E-state index in [0.29, 0.717) is 12.5 Å². The molecule has 0 aromatic heterocycles. The van der Waals surface area contributed by atoms with Crippen molar-refractivity contribution < 1.29 is 4.79 Å². The van der Waals surface area contributed by atoms with Gasteiger partial charge in [0.25, 0.3) is 0 Å². The predicted molar refractivity (Wildman–Crippen MR) is 84.9 cm³/mol. The van der Waals surface area contributed by atoms with Crippen LogP contribution in [0.25, 0.3) is 0 Å². The molecule has 4 nitrogen and oxygen atoms in total. The second-order valence-electron chi connectivity index (χ2n) is 6.01. The summed E-state index contributed by atoms with van der Waals surface area (Å²) in [6, 6.07) is 0.606. The Labute approximate surface area is 124 Å². The molecule has 0 radical (unpaired) electrons. The van der Waals surface area contributed by atoms with Crippen LogP contribution in [0.15, 0.2) is 5.10 Å². The molecule has 0 atom stereocenters. The molecule has 0 unspecified atom stereocenters. The Balaban J connectivity index is 2.12. The van der Waals surface area contributed by atoms with Gasteiger partial charge in [-0.15, -0.1) is 0 Å². The Bertz CT molecular complexity index is 303. The number of unbranched alkanes of at least 4 members (excludes halogenated alkanes) is 4. The fourth-order valence-electron chi connectivity index (χ4n) is 2.50. The highest BCUT2D eigenvalue weighted by Gasteiger charge is 2.17. The topological polar surface area (TPSA) is 44.7 Å². The first-order valence-corrected chi connectivity index (χ1v) is 8.21. The molecule has 1 fully saturated rings. The van der Waals surface area contributed by atoms with Gasteiger partial charge in [-0.2, -0.15) is 5.10 Å². The summed E-state index contributed by atoms with van der Waals surface area (Å²) in [4.78, 5) is 14.1. The maximum atomic E-state index is 11.7. The van der Waals surface area contributed by atoms with Crippen molar-refractivity contribution in [2.24, 2.45) is 5.10 Å². The van der Waals surface area contributed by atoms with Crippen LogP contribution in [-0.2, 0) is 4.79 Å². The first-order chi connectivity index (χ1) is 9.63. The molecule has 1 rings (SSSR count). The van der Waals surface area contributed by atoms with Crippen molar-refractivity contribution in [1.29, 1.82) is 0 Å². The van der Waals surface area contributed by atoms with Gasteiger partial charge in [0.1, 0.15) is 0 Å². The van der Waals surface area contributed by atoms with E-state index in [0.717, 1.165) is 44.5 Å². The van der Waals surface area contributed by atoms with Crippen LogP contribution in [0, 0.1) is 0 Å². The molecule has 116 valence electrons. The second kappa shape index (κ2) is 9.92. The standard InChI is InChI=1S/C16H31N3O/c1-4-5-6-7-8-9-16(20)18-17-15-10-12-19(13-11-15)14(2)3/h14H,4-13H2,1-3H3,(H,18,20). The van der Waals surface area contributed by atoms with Crippen LogP contribution in [0.3, 0.4) is 0 Å². The van der Waals surface area contributed by atoms with E-state index in [1.807, 2.05) is 0 Å².